The van der Waals surface area contributed by atoms with Gasteiger partial charge in [-0.1, -0.05) is 11.3 Å². The molecule has 2 heterocycles. The summed E-state index contributed by atoms with van der Waals surface area (Å²) in [5.41, 5.74) is 0. The van der Waals surface area contributed by atoms with Crippen molar-refractivity contribution in [3.8, 4) is 16.5 Å². The van der Waals surface area contributed by atoms with E-state index in [2.05, 4.69) is 9.97 Å². The Kier molecular flexibility index (Phi) is 1.19. The van der Waals surface area contributed by atoms with Crippen LogP contribution in [0.15, 0.2) is 17.1 Å². The van der Waals surface area contributed by atoms with E-state index in [1.807, 2.05) is 0 Å². The average Bonchev–Trinajstić information content (AvgIpc) is 2.31. The predicted octanol–water partition coefficient (Wildman–Crippen LogP) is 0.642. The first-order valence-corrected chi connectivity index (χ1v) is 3.76. The van der Waals surface area contributed by atoms with Crippen LogP contribution >= 0.6 is 11.3 Å². The quantitative estimate of drug-likeness (QED) is 0.606. The van der Waals surface area contributed by atoms with Gasteiger partial charge >= 0.3 is 4.87 Å². The molecular formula is C6H4N2O2S. The van der Waals surface area contributed by atoms with Gasteiger partial charge in [0.15, 0.2) is 5.82 Å². The molecule has 0 aromatic heterocycles. The molecule has 0 atom stereocenters. The Bertz CT molecular complexity index is 406. The Balaban J connectivity index is 2.89. The standard InChI is InChI=1S/C6H4N2O2S/c9-3-1-2-7-5-4(3)11-6(10)8-5/h1-2H,(H2,7,8,9,10). The van der Waals surface area contributed by atoms with E-state index in [0.29, 0.717) is 10.7 Å². The molecule has 2 aliphatic heterocycles. The lowest BCUT2D eigenvalue weighted by Crippen LogP contribution is -1.91. The van der Waals surface area contributed by atoms with Crippen LogP contribution in [-0.2, 0) is 0 Å². The van der Waals surface area contributed by atoms with Gasteiger partial charge < -0.3 is 10.1 Å². The highest BCUT2D eigenvalue weighted by atomic mass is 32.1. The minimum atomic E-state index is -0.294. The number of rotatable bonds is 0. The van der Waals surface area contributed by atoms with Crippen molar-refractivity contribution in [2.24, 2.45) is 0 Å². The zero-order valence-corrected chi connectivity index (χ0v) is 6.18. The molecule has 4 nitrogen and oxygen atoms in total. The highest BCUT2D eigenvalue weighted by molar-refractivity contribution is 7.13. The van der Waals surface area contributed by atoms with Gasteiger partial charge in [-0.25, -0.2) is 0 Å². The summed E-state index contributed by atoms with van der Waals surface area (Å²) < 4.78 is 0. The number of pyridine rings is 1. The van der Waals surface area contributed by atoms with E-state index < -0.39 is 0 Å². The van der Waals surface area contributed by atoms with E-state index in [1.54, 1.807) is 0 Å². The molecule has 0 saturated carbocycles. The number of nitrogens with one attached hydrogen (secondary N) is 1. The molecule has 0 amide bonds. The molecule has 56 valence electrons. The fourth-order valence-electron chi connectivity index (χ4n) is 0.847. The second kappa shape index (κ2) is 2.06. The molecule has 2 N–H and O–H groups in total. The van der Waals surface area contributed by atoms with Crippen molar-refractivity contribution < 1.29 is 5.11 Å². The summed E-state index contributed by atoms with van der Waals surface area (Å²) in [6, 6.07) is 1.49. The summed E-state index contributed by atoms with van der Waals surface area (Å²) in [5.74, 6) is 0.540. The Morgan fingerprint density at radius 1 is 1.64 bits per heavy atom. The topological polar surface area (TPSA) is 66.0 Å². The molecule has 2 aliphatic rings. The van der Waals surface area contributed by atoms with Crippen LogP contribution in [0.3, 0.4) is 0 Å². The summed E-state index contributed by atoms with van der Waals surface area (Å²) in [7, 11) is 0. The second-order valence-corrected chi connectivity index (χ2v) is 2.98. The lowest BCUT2D eigenvalue weighted by Gasteiger charge is -1.96. The molecule has 5 heteroatoms. The minimum Gasteiger partial charge on any atom is -0.506 e. The minimum absolute atomic E-state index is 0.0957. The van der Waals surface area contributed by atoms with Crippen LogP contribution in [0.2, 0.25) is 0 Å². The van der Waals surface area contributed by atoms with Gasteiger partial charge in [0.1, 0.15) is 10.6 Å². The number of H-pyrrole nitrogens is 1. The molecule has 0 aromatic carbocycles. The number of aromatic amines is 1. The highest BCUT2D eigenvalue weighted by Gasteiger charge is 2.11. The monoisotopic (exact) mass is 168 g/mol. The van der Waals surface area contributed by atoms with Gasteiger partial charge in [-0.15, -0.1) is 0 Å². The molecule has 0 radical (unpaired) electrons. The average molecular weight is 168 g/mol. The van der Waals surface area contributed by atoms with Crippen LogP contribution in [0, 0.1) is 0 Å². The predicted molar refractivity (Wildman–Crippen MR) is 41.0 cm³/mol. The highest BCUT2D eigenvalue weighted by Crippen LogP contribution is 2.28. The van der Waals surface area contributed by atoms with Gasteiger partial charge in [0.2, 0.25) is 0 Å². The molecule has 0 unspecified atom stereocenters. The maximum atomic E-state index is 10.7. The molecular weight excluding hydrogens is 164 g/mol. The van der Waals surface area contributed by atoms with Gasteiger partial charge in [-0.3, -0.25) is 4.79 Å². The van der Waals surface area contributed by atoms with Crippen molar-refractivity contribution in [2.45, 2.75) is 0 Å². The number of aromatic nitrogens is 2. The molecule has 0 aromatic rings. The van der Waals surface area contributed by atoms with E-state index in [9.17, 15) is 9.90 Å². The summed E-state index contributed by atoms with van der Waals surface area (Å²) in [6.45, 7) is 0. The van der Waals surface area contributed by atoms with Crippen LogP contribution in [0.1, 0.15) is 0 Å². The third kappa shape index (κ3) is 0.894. The third-order valence-electron chi connectivity index (χ3n) is 1.30. The van der Waals surface area contributed by atoms with Gasteiger partial charge in [-0.2, -0.15) is 4.98 Å². The smallest absolute Gasteiger partial charge is 0.329 e. The van der Waals surface area contributed by atoms with Crippen LogP contribution in [-0.4, -0.2) is 15.1 Å². The number of hydrogen-bond donors (Lipinski definition) is 2. The Hall–Kier alpha value is -1.36. The van der Waals surface area contributed by atoms with E-state index >= 15 is 0 Å². The second-order valence-electron chi connectivity index (χ2n) is 2.02. The molecule has 2 rings (SSSR count). The first-order chi connectivity index (χ1) is 5.27. The number of thiazole rings is 1. The normalized spacial score (nSPS) is 10.5. The van der Waals surface area contributed by atoms with E-state index in [0.717, 1.165) is 11.3 Å². The molecule has 0 saturated heterocycles. The zero-order valence-electron chi connectivity index (χ0n) is 5.37. The van der Waals surface area contributed by atoms with Crippen molar-refractivity contribution in [3.63, 3.8) is 0 Å². The van der Waals surface area contributed by atoms with Gasteiger partial charge in [0, 0.05) is 6.20 Å². The summed E-state index contributed by atoms with van der Waals surface area (Å²) in [5, 5.41) is 9.20. The molecule has 11 heavy (non-hydrogen) atoms. The molecule has 0 aliphatic carbocycles. The van der Waals surface area contributed by atoms with Crippen LogP contribution in [0.25, 0.3) is 10.7 Å². The summed E-state index contributed by atoms with van der Waals surface area (Å²) in [6.07, 6.45) is 1.54. The molecule has 0 spiro atoms. The fraction of sp³-hybridized carbons (Fsp3) is 0. The lowest BCUT2D eigenvalue weighted by molar-refractivity contribution is 0.477. The molecule has 0 bridgehead atoms. The van der Waals surface area contributed by atoms with E-state index in [-0.39, 0.29) is 10.6 Å². The SMILES string of the molecule is O=c1nc2[nH]ccc(O)c-2s1. The molecule has 0 fully saturated rings. The van der Waals surface area contributed by atoms with Gasteiger partial charge in [-0.05, 0) is 6.07 Å². The number of nitrogens with zero attached hydrogens (tertiary/aromatic N) is 1. The lowest BCUT2D eigenvalue weighted by atomic mass is 10.4. The largest absolute Gasteiger partial charge is 0.506 e. The van der Waals surface area contributed by atoms with Crippen LogP contribution < -0.4 is 4.87 Å². The van der Waals surface area contributed by atoms with Crippen molar-refractivity contribution >= 4 is 11.3 Å². The van der Waals surface area contributed by atoms with Crippen molar-refractivity contribution in [1.82, 2.24) is 9.97 Å². The first kappa shape index (κ1) is 6.36. The zero-order chi connectivity index (χ0) is 7.84. The van der Waals surface area contributed by atoms with Crippen molar-refractivity contribution in [1.29, 1.82) is 0 Å². The Labute approximate surface area is 65.5 Å². The van der Waals surface area contributed by atoms with Crippen molar-refractivity contribution in [2.75, 3.05) is 0 Å². The maximum Gasteiger partial charge on any atom is 0.329 e. The maximum absolute atomic E-state index is 10.7. The van der Waals surface area contributed by atoms with Gasteiger partial charge in [0.25, 0.3) is 0 Å². The number of fused-ring (bicyclic) bond motifs is 1. The van der Waals surface area contributed by atoms with Gasteiger partial charge in [0.05, 0.1) is 0 Å². The van der Waals surface area contributed by atoms with E-state index in [1.165, 1.54) is 12.3 Å². The van der Waals surface area contributed by atoms with Crippen LogP contribution in [0.5, 0.6) is 5.75 Å². The summed E-state index contributed by atoms with van der Waals surface area (Å²) >= 11 is 0.931. The Morgan fingerprint density at radius 2 is 2.45 bits per heavy atom. The van der Waals surface area contributed by atoms with E-state index in [4.69, 9.17) is 0 Å². The fourth-order valence-corrected chi connectivity index (χ4v) is 1.53. The summed E-state index contributed by atoms with van der Waals surface area (Å²) in [4.78, 5) is 17.3. The number of hydrogen-bond acceptors (Lipinski definition) is 4. The van der Waals surface area contributed by atoms with Crippen LogP contribution in [0.4, 0.5) is 0 Å². The third-order valence-corrected chi connectivity index (χ3v) is 2.17. The Morgan fingerprint density at radius 3 is 3.18 bits per heavy atom. The van der Waals surface area contributed by atoms with Crippen molar-refractivity contribution in [3.05, 3.63) is 21.9 Å². The first-order valence-electron chi connectivity index (χ1n) is 2.94. The number of aromatic hydroxyl groups is 1.